The Hall–Kier alpha value is -3.72. The van der Waals surface area contributed by atoms with Crippen molar-refractivity contribution in [2.45, 2.75) is 6.42 Å². The molecular weight excluding hydrogens is 340 g/mol. The lowest BCUT2D eigenvalue weighted by Crippen LogP contribution is -2.04. The maximum absolute atomic E-state index is 5.95. The van der Waals surface area contributed by atoms with Crippen molar-refractivity contribution in [3.63, 3.8) is 0 Å². The van der Waals surface area contributed by atoms with Crippen LogP contribution in [-0.2, 0) is 6.42 Å². The van der Waals surface area contributed by atoms with Crippen molar-refractivity contribution in [3.8, 4) is 23.3 Å². The number of anilines is 2. The van der Waals surface area contributed by atoms with Crippen LogP contribution < -0.4 is 20.9 Å². The molecule has 3 rings (SSSR count). The fourth-order valence-electron chi connectivity index (χ4n) is 2.67. The highest BCUT2D eigenvalue weighted by Gasteiger charge is 2.13. The predicted molar refractivity (Wildman–Crippen MR) is 106 cm³/mol. The molecular formula is C21H20N4O2. The molecule has 6 heteroatoms. The van der Waals surface area contributed by atoms with E-state index in [1.165, 1.54) is 0 Å². The minimum atomic E-state index is 0.151. The van der Waals surface area contributed by atoms with Gasteiger partial charge in [-0.2, -0.15) is 4.98 Å². The average molecular weight is 360 g/mol. The number of hydrogen-bond acceptors (Lipinski definition) is 6. The number of nitrogens with two attached hydrogens (primary N) is 2. The second-order valence-corrected chi connectivity index (χ2v) is 5.81. The van der Waals surface area contributed by atoms with Crippen LogP contribution in [0.4, 0.5) is 11.8 Å². The molecule has 0 aliphatic heterocycles. The topological polar surface area (TPSA) is 96.3 Å². The number of methoxy groups -OCH3 is 2. The Balaban J connectivity index is 2.02. The molecule has 0 atom stereocenters. The fourth-order valence-corrected chi connectivity index (χ4v) is 2.67. The van der Waals surface area contributed by atoms with E-state index in [1.807, 2.05) is 42.5 Å². The van der Waals surface area contributed by atoms with E-state index in [2.05, 4.69) is 21.8 Å². The van der Waals surface area contributed by atoms with Crippen LogP contribution in [-0.4, -0.2) is 24.2 Å². The van der Waals surface area contributed by atoms with E-state index in [-0.39, 0.29) is 5.95 Å². The maximum Gasteiger partial charge on any atom is 0.221 e. The minimum absolute atomic E-state index is 0.151. The Bertz CT molecular complexity index is 1010. The molecule has 136 valence electrons. The summed E-state index contributed by atoms with van der Waals surface area (Å²) in [6.07, 6.45) is 2.15. The van der Waals surface area contributed by atoms with Crippen LogP contribution in [0.15, 0.2) is 48.7 Å². The largest absolute Gasteiger partial charge is 0.493 e. The monoisotopic (exact) mass is 360 g/mol. The van der Waals surface area contributed by atoms with E-state index in [0.717, 1.165) is 22.3 Å². The predicted octanol–water partition coefficient (Wildman–Crippen LogP) is 2.65. The minimum Gasteiger partial charge on any atom is -0.493 e. The quantitative estimate of drug-likeness (QED) is 0.695. The fraction of sp³-hybridized carbons (Fsp3) is 0.143. The summed E-state index contributed by atoms with van der Waals surface area (Å²) in [7, 11) is 3.19. The molecule has 0 aliphatic rings. The Morgan fingerprint density at radius 1 is 1.00 bits per heavy atom. The molecule has 0 fully saturated rings. The second kappa shape index (κ2) is 8.11. The van der Waals surface area contributed by atoms with E-state index in [4.69, 9.17) is 20.9 Å². The molecule has 2 aromatic carbocycles. The van der Waals surface area contributed by atoms with Gasteiger partial charge in [0.05, 0.1) is 19.8 Å². The SMILES string of the molecule is COc1cc(Cc2cnc(N)nc2N)cc(C#Cc2ccccc2)c1OC. The van der Waals surface area contributed by atoms with E-state index >= 15 is 0 Å². The van der Waals surface area contributed by atoms with Gasteiger partial charge in [-0.05, 0) is 29.8 Å². The van der Waals surface area contributed by atoms with Crippen LogP contribution >= 0.6 is 0 Å². The number of nitrogen functional groups attached to an aromatic ring is 2. The third-order valence-electron chi connectivity index (χ3n) is 3.97. The molecule has 4 N–H and O–H groups in total. The van der Waals surface area contributed by atoms with Crippen molar-refractivity contribution in [2.24, 2.45) is 0 Å². The molecule has 0 aliphatic carbocycles. The molecule has 0 bridgehead atoms. The summed E-state index contributed by atoms with van der Waals surface area (Å²) in [4.78, 5) is 8.02. The highest BCUT2D eigenvalue weighted by Crippen LogP contribution is 2.33. The van der Waals surface area contributed by atoms with Gasteiger partial charge in [0.25, 0.3) is 0 Å². The lowest BCUT2D eigenvalue weighted by molar-refractivity contribution is 0.354. The molecule has 0 saturated carbocycles. The third kappa shape index (κ3) is 4.28. The second-order valence-electron chi connectivity index (χ2n) is 5.81. The molecule has 1 heterocycles. The van der Waals surface area contributed by atoms with Crippen molar-refractivity contribution in [3.05, 3.63) is 70.9 Å². The number of nitrogens with zero attached hydrogens (tertiary/aromatic N) is 2. The van der Waals surface area contributed by atoms with Gasteiger partial charge in [0.2, 0.25) is 5.95 Å². The lowest BCUT2D eigenvalue weighted by Gasteiger charge is -2.13. The Morgan fingerprint density at radius 3 is 2.44 bits per heavy atom. The van der Waals surface area contributed by atoms with Crippen LogP contribution in [0.2, 0.25) is 0 Å². The smallest absolute Gasteiger partial charge is 0.221 e. The van der Waals surface area contributed by atoms with Gasteiger partial charge in [-0.15, -0.1) is 0 Å². The van der Waals surface area contributed by atoms with Gasteiger partial charge in [0.1, 0.15) is 5.82 Å². The molecule has 0 saturated heterocycles. The van der Waals surface area contributed by atoms with E-state index < -0.39 is 0 Å². The molecule has 27 heavy (non-hydrogen) atoms. The van der Waals surface area contributed by atoms with Crippen LogP contribution in [0.25, 0.3) is 0 Å². The van der Waals surface area contributed by atoms with Crippen LogP contribution in [0.1, 0.15) is 22.3 Å². The zero-order valence-corrected chi connectivity index (χ0v) is 15.2. The van der Waals surface area contributed by atoms with Crippen molar-refractivity contribution in [1.82, 2.24) is 9.97 Å². The molecule has 0 radical (unpaired) electrons. The average Bonchev–Trinajstić information content (AvgIpc) is 2.68. The molecule has 3 aromatic rings. The highest BCUT2D eigenvalue weighted by atomic mass is 16.5. The van der Waals surface area contributed by atoms with E-state index in [0.29, 0.717) is 23.7 Å². The number of rotatable bonds is 4. The maximum atomic E-state index is 5.95. The van der Waals surface area contributed by atoms with Gasteiger partial charge in [-0.1, -0.05) is 30.0 Å². The Kier molecular flexibility index (Phi) is 5.43. The summed E-state index contributed by atoms with van der Waals surface area (Å²) in [5, 5.41) is 0. The van der Waals surface area contributed by atoms with Gasteiger partial charge in [-0.3, -0.25) is 0 Å². The standard InChI is InChI=1S/C21H20N4O2/c1-26-18-12-15(11-17-13-24-21(23)25-20(17)22)10-16(19(18)27-2)9-8-14-6-4-3-5-7-14/h3-7,10,12-13H,11H2,1-2H3,(H4,22,23,24,25). The molecule has 1 aromatic heterocycles. The van der Waals surface area contributed by atoms with Crippen molar-refractivity contribution >= 4 is 11.8 Å². The summed E-state index contributed by atoms with van der Waals surface area (Å²) in [6, 6.07) is 13.6. The van der Waals surface area contributed by atoms with Crippen LogP contribution in [0.3, 0.4) is 0 Å². The number of benzene rings is 2. The summed E-state index contributed by atoms with van der Waals surface area (Å²) < 4.78 is 11.0. The summed E-state index contributed by atoms with van der Waals surface area (Å²) in [5.74, 6) is 8.01. The Morgan fingerprint density at radius 2 is 1.78 bits per heavy atom. The number of aromatic nitrogens is 2. The first-order valence-corrected chi connectivity index (χ1v) is 8.29. The first kappa shape index (κ1) is 18.1. The summed E-state index contributed by atoms with van der Waals surface area (Å²) in [5.41, 5.74) is 14.9. The first-order valence-electron chi connectivity index (χ1n) is 8.29. The third-order valence-corrected chi connectivity index (χ3v) is 3.97. The molecule has 6 nitrogen and oxygen atoms in total. The van der Waals surface area contributed by atoms with Crippen molar-refractivity contribution in [1.29, 1.82) is 0 Å². The molecule has 0 unspecified atom stereocenters. The van der Waals surface area contributed by atoms with E-state index in [1.54, 1.807) is 20.4 Å². The van der Waals surface area contributed by atoms with Crippen molar-refractivity contribution < 1.29 is 9.47 Å². The Labute approximate surface area is 158 Å². The zero-order valence-electron chi connectivity index (χ0n) is 15.2. The van der Waals surface area contributed by atoms with Crippen LogP contribution in [0.5, 0.6) is 11.5 Å². The van der Waals surface area contributed by atoms with Gasteiger partial charge in [0, 0.05) is 23.7 Å². The van der Waals surface area contributed by atoms with Gasteiger partial charge in [-0.25, -0.2) is 4.98 Å². The zero-order chi connectivity index (χ0) is 19.2. The van der Waals surface area contributed by atoms with Gasteiger partial charge >= 0.3 is 0 Å². The number of hydrogen-bond donors (Lipinski definition) is 2. The van der Waals surface area contributed by atoms with Crippen LogP contribution in [0, 0.1) is 11.8 Å². The normalized spacial score (nSPS) is 10.0. The first-order chi connectivity index (χ1) is 13.1. The summed E-state index contributed by atoms with van der Waals surface area (Å²) >= 11 is 0. The molecule has 0 spiro atoms. The van der Waals surface area contributed by atoms with Crippen molar-refractivity contribution in [2.75, 3.05) is 25.7 Å². The number of ether oxygens (including phenoxy) is 2. The lowest BCUT2D eigenvalue weighted by atomic mass is 10.0. The highest BCUT2D eigenvalue weighted by molar-refractivity contribution is 5.59. The van der Waals surface area contributed by atoms with Gasteiger partial charge < -0.3 is 20.9 Å². The summed E-state index contributed by atoms with van der Waals surface area (Å²) in [6.45, 7) is 0. The van der Waals surface area contributed by atoms with Gasteiger partial charge in [0.15, 0.2) is 11.5 Å². The van der Waals surface area contributed by atoms with E-state index in [9.17, 15) is 0 Å². The molecule has 0 amide bonds.